The number of carbonyl (C=O) groups excluding carboxylic acids is 2. The first kappa shape index (κ1) is 28.9. The van der Waals surface area contributed by atoms with Crippen molar-refractivity contribution in [2.75, 3.05) is 39.4 Å². The Morgan fingerprint density at radius 2 is 1.71 bits per heavy atom. The highest BCUT2D eigenvalue weighted by atomic mass is 35.5. The topological polar surface area (TPSA) is 137 Å². The molecule has 3 fully saturated rings. The highest BCUT2D eigenvalue weighted by molar-refractivity contribution is 7.89. The Morgan fingerprint density at radius 1 is 1.03 bits per heavy atom. The number of carbonyl (C=O) groups is 3. The minimum atomic E-state index is -4.28. The van der Waals surface area contributed by atoms with Gasteiger partial charge in [-0.1, -0.05) is 42.5 Å². The molecule has 14 heteroatoms. The van der Waals surface area contributed by atoms with Crippen LogP contribution < -0.4 is 5.32 Å². The summed E-state index contributed by atoms with van der Waals surface area (Å²) >= 11 is 12.0. The minimum Gasteiger partial charge on any atom is -0.481 e. The number of nitrogens with one attached hydrogen (secondary N) is 1. The van der Waals surface area contributed by atoms with Crippen LogP contribution in [0.15, 0.2) is 23.1 Å². The molecular formula is C24H32Cl2N4O7S. The van der Waals surface area contributed by atoms with Crippen LogP contribution in [-0.4, -0.2) is 97.1 Å². The molecule has 4 rings (SSSR count). The summed E-state index contributed by atoms with van der Waals surface area (Å²) in [5.41, 5.74) is 0. The number of morpholine rings is 1. The molecule has 0 radical (unpaired) electrons. The number of sulfonamides is 1. The maximum atomic E-state index is 13.8. The lowest BCUT2D eigenvalue weighted by Gasteiger charge is -2.36. The molecule has 0 aromatic heterocycles. The number of aliphatic carboxylic acids is 1. The van der Waals surface area contributed by atoms with Crippen molar-refractivity contribution in [3.8, 4) is 0 Å². The number of rotatable bonds is 7. The summed E-state index contributed by atoms with van der Waals surface area (Å²) in [6.07, 6.45) is 2.66. The molecule has 0 bridgehead atoms. The summed E-state index contributed by atoms with van der Waals surface area (Å²) in [7, 11) is -4.28. The fourth-order valence-corrected chi connectivity index (χ4v) is 7.29. The van der Waals surface area contributed by atoms with Crippen LogP contribution in [0.4, 0.5) is 4.79 Å². The number of nitrogens with zero attached hydrogens (tertiary/aromatic N) is 3. The van der Waals surface area contributed by atoms with Crippen LogP contribution in [0.25, 0.3) is 0 Å². The van der Waals surface area contributed by atoms with Crippen molar-refractivity contribution in [2.24, 2.45) is 5.92 Å². The highest BCUT2D eigenvalue weighted by Crippen LogP contribution is 2.32. The van der Waals surface area contributed by atoms with Crippen molar-refractivity contribution in [3.05, 3.63) is 28.2 Å². The summed E-state index contributed by atoms with van der Waals surface area (Å²) in [5, 5.41) is 12.5. The van der Waals surface area contributed by atoms with Gasteiger partial charge in [0.05, 0.1) is 34.6 Å². The van der Waals surface area contributed by atoms with Crippen LogP contribution in [0.1, 0.15) is 38.5 Å². The van der Waals surface area contributed by atoms with E-state index < -0.39 is 40.1 Å². The zero-order valence-electron chi connectivity index (χ0n) is 20.9. The van der Waals surface area contributed by atoms with Crippen molar-refractivity contribution < 1.29 is 32.6 Å². The quantitative estimate of drug-likeness (QED) is 0.498. The average Bonchev–Trinajstić information content (AvgIpc) is 3.36. The second-order valence-electron chi connectivity index (χ2n) is 9.75. The molecule has 210 valence electrons. The lowest BCUT2D eigenvalue weighted by Crippen LogP contribution is -2.59. The number of carboxylic acids is 1. The van der Waals surface area contributed by atoms with Crippen LogP contribution in [0.5, 0.6) is 0 Å². The van der Waals surface area contributed by atoms with Crippen molar-refractivity contribution >= 4 is 51.1 Å². The molecule has 2 heterocycles. The summed E-state index contributed by atoms with van der Waals surface area (Å²) in [5.74, 6) is -1.84. The Balaban J connectivity index is 1.66. The molecule has 2 N–H and O–H groups in total. The fourth-order valence-electron chi connectivity index (χ4n) is 5.36. The van der Waals surface area contributed by atoms with Crippen LogP contribution in [-0.2, 0) is 24.3 Å². The van der Waals surface area contributed by atoms with Crippen LogP contribution in [0, 0.1) is 5.92 Å². The first-order valence-corrected chi connectivity index (χ1v) is 14.9. The van der Waals surface area contributed by atoms with E-state index in [2.05, 4.69) is 5.32 Å². The summed E-state index contributed by atoms with van der Waals surface area (Å²) < 4.78 is 33.7. The fraction of sp³-hybridized carbons (Fsp3) is 0.625. The van der Waals surface area contributed by atoms with Crippen LogP contribution in [0.2, 0.25) is 10.0 Å². The van der Waals surface area contributed by atoms with Gasteiger partial charge in [-0.05, 0) is 37.0 Å². The van der Waals surface area contributed by atoms with Gasteiger partial charge in [0, 0.05) is 32.2 Å². The van der Waals surface area contributed by atoms with Crippen molar-refractivity contribution in [1.82, 2.24) is 19.4 Å². The second-order valence-corrected chi connectivity index (χ2v) is 12.5. The Bertz CT molecular complexity index is 1160. The predicted octanol–water partition coefficient (Wildman–Crippen LogP) is 2.62. The lowest BCUT2D eigenvalue weighted by atomic mass is 9.82. The normalized spacial score (nSPS) is 22.3. The van der Waals surface area contributed by atoms with Gasteiger partial charge in [-0.25, -0.2) is 13.2 Å². The molecule has 0 spiro atoms. The van der Waals surface area contributed by atoms with Gasteiger partial charge in [-0.2, -0.15) is 4.31 Å². The van der Waals surface area contributed by atoms with E-state index in [0.717, 1.165) is 36.4 Å². The van der Waals surface area contributed by atoms with Gasteiger partial charge in [-0.15, -0.1) is 0 Å². The maximum absolute atomic E-state index is 13.8. The molecule has 2 atom stereocenters. The summed E-state index contributed by atoms with van der Waals surface area (Å²) in [6, 6.07) is 2.68. The summed E-state index contributed by atoms with van der Waals surface area (Å²) in [4.78, 5) is 41.5. The Kier molecular flexibility index (Phi) is 9.40. The number of halogens is 2. The zero-order valence-corrected chi connectivity index (χ0v) is 23.2. The zero-order chi connectivity index (χ0) is 27.4. The van der Waals surface area contributed by atoms with Gasteiger partial charge in [0.15, 0.2) is 6.17 Å². The van der Waals surface area contributed by atoms with Crippen molar-refractivity contribution in [3.63, 3.8) is 0 Å². The Labute approximate surface area is 232 Å². The van der Waals surface area contributed by atoms with Crippen molar-refractivity contribution in [1.29, 1.82) is 0 Å². The molecule has 38 heavy (non-hydrogen) atoms. The van der Waals surface area contributed by atoms with Gasteiger partial charge in [0.1, 0.15) is 0 Å². The Morgan fingerprint density at radius 3 is 2.34 bits per heavy atom. The van der Waals surface area contributed by atoms with E-state index in [1.54, 1.807) is 0 Å². The molecule has 1 saturated carbocycles. The van der Waals surface area contributed by atoms with E-state index in [-0.39, 0.29) is 40.4 Å². The minimum absolute atomic E-state index is 0.0120. The molecule has 1 aliphatic carbocycles. The number of hydrogen-bond acceptors (Lipinski definition) is 6. The van der Waals surface area contributed by atoms with E-state index in [9.17, 15) is 27.9 Å². The third-order valence-electron chi connectivity index (χ3n) is 7.33. The molecule has 2 aliphatic heterocycles. The van der Waals surface area contributed by atoms with Gasteiger partial charge >= 0.3 is 12.0 Å². The largest absolute Gasteiger partial charge is 0.481 e. The molecule has 1 aromatic carbocycles. The third-order valence-corrected chi connectivity index (χ3v) is 9.92. The van der Waals surface area contributed by atoms with E-state index in [4.69, 9.17) is 27.9 Å². The first-order chi connectivity index (χ1) is 18.1. The van der Waals surface area contributed by atoms with Gasteiger partial charge < -0.3 is 20.1 Å². The number of amides is 3. The molecular weight excluding hydrogens is 559 g/mol. The summed E-state index contributed by atoms with van der Waals surface area (Å²) in [6.45, 7) is 1.17. The average molecular weight is 592 g/mol. The van der Waals surface area contributed by atoms with Crippen molar-refractivity contribution in [2.45, 2.75) is 55.6 Å². The van der Waals surface area contributed by atoms with E-state index >= 15 is 0 Å². The highest BCUT2D eigenvalue weighted by Gasteiger charge is 2.48. The molecule has 3 amide bonds. The van der Waals surface area contributed by atoms with E-state index in [1.807, 2.05) is 0 Å². The van der Waals surface area contributed by atoms with E-state index in [0.29, 0.717) is 26.3 Å². The van der Waals surface area contributed by atoms with Gasteiger partial charge in [-0.3, -0.25) is 14.5 Å². The molecule has 1 aromatic rings. The second kappa shape index (κ2) is 12.4. The molecule has 2 saturated heterocycles. The number of benzene rings is 1. The van der Waals surface area contributed by atoms with E-state index in [1.165, 1.54) is 28.0 Å². The number of urea groups is 1. The first-order valence-electron chi connectivity index (χ1n) is 12.7. The molecule has 3 aliphatic rings. The number of ether oxygens (including phenoxy) is 1. The van der Waals surface area contributed by atoms with Crippen LogP contribution in [0.3, 0.4) is 0 Å². The van der Waals surface area contributed by atoms with Gasteiger partial charge in [0.25, 0.3) is 5.91 Å². The lowest BCUT2D eigenvalue weighted by molar-refractivity contribution is -0.138. The number of hydrogen-bond donors (Lipinski definition) is 2. The third kappa shape index (κ3) is 6.36. The maximum Gasteiger partial charge on any atom is 0.321 e. The molecule has 11 nitrogen and oxygen atoms in total. The standard InChI is InChI=1S/C24H32Cl2N4O7S/c25-18-7-6-17(14-19(18)26)38(35,36)30-9-8-29(24(34)28-10-12-37-13-11-28)23(30)22(33)27-20(15-21(31)32)16-4-2-1-3-5-16/h6-7,14,16,20,23H,1-5,8-13,15H2,(H,27,33)(H,31,32). The SMILES string of the molecule is O=C(O)CC(NC(=O)C1N(C(=O)N2CCOCC2)CCN1S(=O)(=O)c1ccc(Cl)c(Cl)c1)C1CCCCC1. The van der Waals surface area contributed by atoms with Gasteiger partial charge in [0.2, 0.25) is 10.0 Å². The monoisotopic (exact) mass is 590 g/mol. The van der Waals surface area contributed by atoms with Crippen LogP contribution >= 0.6 is 23.2 Å². The Hall–Kier alpha value is -2.12. The predicted molar refractivity (Wildman–Crippen MR) is 139 cm³/mol. The smallest absolute Gasteiger partial charge is 0.321 e. The number of carboxylic acid groups (broad SMARTS) is 1. The molecule has 2 unspecified atom stereocenters.